The molecule has 0 saturated heterocycles. The Labute approximate surface area is 149 Å². The molecule has 0 aliphatic heterocycles. The summed E-state index contributed by atoms with van der Waals surface area (Å²) in [7, 11) is -3.58. The van der Waals surface area contributed by atoms with Crippen molar-refractivity contribution >= 4 is 27.3 Å². The first-order valence-corrected chi connectivity index (χ1v) is 9.85. The molecule has 1 N–H and O–H groups in total. The van der Waals surface area contributed by atoms with E-state index in [4.69, 9.17) is 0 Å². The summed E-state index contributed by atoms with van der Waals surface area (Å²) in [5, 5.41) is 2.81. The van der Waals surface area contributed by atoms with Crippen LogP contribution in [-0.2, 0) is 14.8 Å². The summed E-state index contributed by atoms with van der Waals surface area (Å²) < 4.78 is 25.6. The molecule has 0 spiro atoms. The van der Waals surface area contributed by atoms with Crippen molar-refractivity contribution in [2.45, 2.75) is 27.7 Å². The second-order valence-electron chi connectivity index (χ2n) is 6.41. The van der Waals surface area contributed by atoms with Crippen LogP contribution in [0.25, 0.3) is 0 Å². The maximum Gasteiger partial charge on any atom is 0.245 e. The van der Waals surface area contributed by atoms with E-state index in [1.54, 1.807) is 12.1 Å². The van der Waals surface area contributed by atoms with Crippen molar-refractivity contribution in [2.24, 2.45) is 0 Å². The standard InChI is InChI=1S/C19H24N2O3S/c1-13-9-14(2)11-17(10-13)21(25(5,23)24)12-19(22)20-18-8-6-7-15(3)16(18)4/h6-11H,12H2,1-5H3,(H,20,22). The van der Waals surface area contributed by atoms with Crippen molar-refractivity contribution in [2.75, 3.05) is 22.4 Å². The van der Waals surface area contributed by atoms with Gasteiger partial charge in [-0.25, -0.2) is 8.42 Å². The first-order valence-electron chi connectivity index (χ1n) is 8.00. The molecule has 0 bridgehead atoms. The van der Waals surface area contributed by atoms with Gasteiger partial charge in [0, 0.05) is 5.69 Å². The number of nitrogens with zero attached hydrogens (tertiary/aromatic N) is 1. The van der Waals surface area contributed by atoms with Gasteiger partial charge in [-0.05, 0) is 68.1 Å². The van der Waals surface area contributed by atoms with E-state index in [2.05, 4.69) is 5.32 Å². The average Bonchev–Trinajstić information content (AvgIpc) is 2.47. The monoisotopic (exact) mass is 360 g/mol. The summed E-state index contributed by atoms with van der Waals surface area (Å²) in [4.78, 5) is 12.5. The predicted molar refractivity (Wildman–Crippen MR) is 103 cm³/mol. The normalized spacial score (nSPS) is 11.2. The minimum atomic E-state index is -3.58. The molecule has 2 aromatic carbocycles. The van der Waals surface area contributed by atoms with E-state index < -0.39 is 10.0 Å². The van der Waals surface area contributed by atoms with Crippen molar-refractivity contribution in [3.8, 4) is 0 Å². The van der Waals surface area contributed by atoms with Gasteiger partial charge >= 0.3 is 0 Å². The number of rotatable bonds is 5. The molecular weight excluding hydrogens is 336 g/mol. The fraction of sp³-hybridized carbons (Fsp3) is 0.316. The van der Waals surface area contributed by atoms with Gasteiger partial charge in [0.1, 0.15) is 6.54 Å². The van der Waals surface area contributed by atoms with Gasteiger partial charge in [0.05, 0.1) is 11.9 Å². The Balaban J connectivity index is 2.28. The Morgan fingerprint density at radius 2 is 1.64 bits per heavy atom. The predicted octanol–water partition coefficient (Wildman–Crippen LogP) is 3.32. The van der Waals surface area contributed by atoms with Crippen LogP contribution in [0.3, 0.4) is 0 Å². The summed E-state index contributed by atoms with van der Waals surface area (Å²) in [6, 6.07) is 11.1. The van der Waals surface area contributed by atoms with Gasteiger partial charge in [-0.3, -0.25) is 9.10 Å². The molecule has 6 heteroatoms. The maximum atomic E-state index is 12.5. The van der Waals surface area contributed by atoms with Gasteiger partial charge in [-0.1, -0.05) is 18.2 Å². The molecule has 0 atom stereocenters. The van der Waals surface area contributed by atoms with Crippen LogP contribution in [0, 0.1) is 27.7 Å². The number of carbonyl (C=O) groups excluding carboxylic acids is 1. The number of hydrogen-bond donors (Lipinski definition) is 1. The highest BCUT2D eigenvalue weighted by atomic mass is 32.2. The molecule has 134 valence electrons. The summed E-state index contributed by atoms with van der Waals surface area (Å²) in [5.41, 5.74) is 5.10. The number of hydrogen-bond acceptors (Lipinski definition) is 3. The van der Waals surface area contributed by atoms with Crippen molar-refractivity contribution in [1.82, 2.24) is 0 Å². The zero-order valence-corrected chi connectivity index (χ0v) is 16.1. The Bertz CT molecular complexity index is 885. The third-order valence-corrected chi connectivity index (χ3v) is 5.20. The number of carbonyl (C=O) groups is 1. The number of aryl methyl sites for hydroxylation is 3. The van der Waals surface area contributed by atoms with Gasteiger partial charge < -0.3 is 5.32 Å². The van der Waals surface area contributed by atoms with Crippen LogP contribution < -0.4 is 9.62 Å². The van der Waals surface area contributed by atoms with E-state index in [0.717, 1.165) is 32.8 Å². The van der Waals surface area contributed by atoms with E-state index in [9.17, 15) is 13.2 Å². The molecule has 0 radical (unpaired) electrons. The second-order valence-corrected chi connectivity index (χ2v) is 8.32. The number of anilines is 2. The average molecular weight is 360 g/mol. The highest BCUT2D eigenvalue weighted by Crippen LogP contribution is 2.22. The van der Waals surface area contributed by atoms with Gasteiger partial charge in [0.25, 0.3) is 0 Å². The van der Waals surface area contributed by atoms with Crippen LogP contribution in [0.2, 0.25) is 0 Å². The fourth-order valence-corrected chi connectivity index (χ4v) is 3.54. The highest BCUT2D eigenvalue weighted by Gasteiger charge is 2.21. The molecule has 2 aromatic rings. The zero-order valence-electron chi connectivity index (χ0n) is 15.3. The van der Waals surface area contributed by atoms with E-state index in [0.29, 0.717) is 11.4 Å². The van der Waals surface area contributed by atoms with Crippen molar-refractivity contribution in [3.63, 3.8) is 0 Å². The molecule has 0 unspecified atom stereocenters. The van der Waals surface area contributed by atoms with Crippen LogP contribution in [0.4, 0.5) is 11.4 Å². The number of nitrogens with one attached hydrogen (secondary N) is 1. The quantitative estimate of drug-likeness (QED) is 0.889. The van der Waals surface area contributed by atoms with Gasteiger partial charge in [0.15, 0.2) is 0 Å². The van der Waals surface area contributed by atoms with E-state index in [-0.39, 0.29) is 12.5 Å². The minimum Gasteiger partial charge on any atom is -0.324 e. The number of amides is 1. The van der Waals surface area contributed by atoms with Gasteiger partial charge in [-0.2, -0.15) is 0 Å². The number of sulfonamides is 1. The molecule has 25 heavy (non-hydrogen) atoms. The molecule has 1 amide bonds. The van der Waals surface area contributed by atoms with Crippen molar-refractivity contribution < 1.29 is 13.2 Å². The fourth-order valence-electron chi connectivity index (χ4n) is 2.70. The molecule has 0 aromatic heterocycles. The lowest BCUT2D eigenvalue weighted by Crippen LogP contribution is -2.37. The van der Waals surface area contributed by atoms with Gasteiger partial charge in [-0.15, -0.1) is 0 Å². The summed E-state index contributed by atoms with van der Waals surface area (Å²) in [5.74, 6) is -0.377. The van der Waals surface area contributed by atoms with E-state index >= 15 is 0 Å². The molecule has 2 rings (SSSR count). The second kappa shape index (κ2) is 7.27. The Hall–Kier alpha value is -2.34. The van der Waals surface area contributed by atoms with Crippen molar-refractivity contribution in [1.29, 1.82) is 0 Å². The Morgan fingerprint density at radius 3 is 2.20 bits per heavy atom. The van der Waals surface area contributed by atoms with Crippen LogP contribution >= 0.6 is 0 Å². The third-order valence-electron chi connectivity index (χ3n) is 4.06. The zero-order chi connectivity index (χ0) is 18.8. The van der Waals surface area contributed by atoms with Crippen LogP contribution in [0.15, 0.2) is 36.4 Å². The minimum absolute atomic E-state index is 0.269. The first-order chi connectivity index (χ1) is 11.6. The molecular formula is C19H24N2O3S. The topological polar surface area (TPSA) is 66.5 Å². The van der Waals surface area contributed by atoms with E-state index in [1.165, 1.54) is 0 Å². The Morgan fingerprint density at radius 1 is 1.04 bits per heavy atom. The van der Waals surface area contributed by atoms with Crippen LogP contribution in [0.5, 0.6) is 0 Å². The molecule has 0 aliphatic rings. The molecule has 0 fully saturated rings. The lowest BCUT2D eigenvalue weighted by Gasteiger charge is -2.23. The third kappa shape index (κ3) is 4.82. The van der Waals surface area contributed by atoms with Gasteiger partial charge in [0.2, 0.25) is 15.9 Å². The lowest BCUT2D eigenvalue weighted by molar-refractivity contribution is -0.114. The number of benzene rings is 2. The van der Waals surface area contributed by atoms with Crippen LogP contribution in [0.1, 0.15) is 22.3 Å². The summed E-state index contributed by atoms with van der Waals surface area (Å²) in [6.07, 6.45) is 1.11. The largest absolute Gasteiger partial charge is 0.324 e. The summed E-state index contributed by atoms with van der Waals surface area (Å²) in [6.45, 7) is 7.40. The molecule has 0 aliphatic carbocycles. The van der Waals surface area contributed by atoms with Crippen molar-refractivity contribution in [3.05, 3.63) is 58.7 Å². The Kier molecular flexibility index (Phi) is 5.52. The van der Waals surface area contributed by atoms with Crippen LogP contribution in [-0.4, -0.2) is 27.1 Å². The maximum absolute atomic E-state index is 12.5. The molecule has 0 saturated carbocycles. The highest BCUT2D eigenvalue weighted by molar-refractivity contribution is 7.92. The SMILES string of the molecule is Cc1cc(C)cc(N(CC(=O)Nc2cccc(C)c2C)S(C)(=O)=O)c1. The molecule has 0 heterocycles. The van der Waals surface area contributed by atoms with E-state index in [1.807, 2.05) is 52.0 Å². The first kappa shape index (κ1) is 19.0. The lowest BCUT2D eigenvalue weighted by atomic mass is 10.1. The summed E-state index contributed by atoms with van der Waals surface area (Å²) >= 11 is 0. The smallest absolute Gasteiger partial charge is 0.245 e. The molecule has 5 nitrogen and oxygen atoms in total.